The van der Waals surface area contributed by atoms with Crippen molar-refractivity contribution >= 4 is 11.8 Å². The highest BCUT2D eigenvalue weighted by Crippen LogP contribution is 2.19. The Morgan fingerprint density at radius 2 is 2.06 bits per heavy atom. The molecule has 3 atom stereocenters. The molecule has 0 spiro atoms. The second-order valence-corrected chi connectivity index (χ2v) is 4.40. The quantitative estimate of drug-likeness (QED) is 0.738. The van der Waals surface area contributed by atoms with Crippen molar-refractivity contribution in [1.82, 2.24) is 10.2 Å². The molecule has 0 aliphatic carbocycles. The van der Waals surface area contributed by atoms with E-state index in [0.717, 1.165) is 0 Å². The van der Waals surface area contributed by atoms with E-state index in [1.54, 1.807) is 4.90 Å². The molecule has 4 nitrogen and oxygen atoms in total. The van der Waals surface area contributed by atoms with Crippen LogP contribution in [0.25, 0.3) is 0 Å². The van der Waals surface area contributed by atoms with Gasteiger partial charge in [-0.1, -0.05) is 13.8 Å². The van der Waals surface area contributed by atoms with Crippen molar-refractivity contribution in [3.05, 3.63) is 0 Å². The number of hydrogen-bond donors (Lipinski definition) is 1. The predicted octanol–water partition coefficient (Wildman–Crippen LogP) is 0.914. The third-order valence-corrected chi connectivity index (χ3v) is 3.19. The zero-order chi connectivity index (χ0) is 13.0. The van der Waals surface area contributed by atoms with Gasteiger partial charge in [0.2, 0.25) is 11.8 Å². The summed E-state index contributed by atoms with van der Waals surface area (Å²) in [5.41, 5.74) is 0. The standard InChI is InChI=1S/C13H20N2O2/c1-5-8-9(4)15-11(7-3)12(16)14-10(6-2)13(15)17/h1,9-11H,6-8H2,2-4H3,(H,14,16). The van der Waals surface area contributed by atoms with Crippen molar-refractivity contribution in [2.24, 2.45) is 0 Å². The lowest BCUT2D eigenvalue weighted by molar-refractivity contribution is -0.151. The van der Waals surface area contributed by atoms with Gasteiger partial charge in [-0.3, -0.25) is 9.59 Å². The minimum Gasteiger partial charge on any atom is -0.343 e. The van der Waals surface area contributed by atoms with Gasteiger partial charge >= 0.3 is 0 Å². The summed E-state index contributed by atoms with van der Waals surface area (Å²) in [7, 11) is 0. The maximum Gasteiger partial charge on any atom is 0.246 e. The van der Waals surface area contributed by atoms with Crippen LogP contribution in [-0.4, -0.2) is 34.8 Å². The van der Waals surface area contributed by atoms with Gasteiger partial charge in [-0.05, 0) is 19.8 Å². The maximum absolute atomic E-state index is 12.2. The van der Waals surface area contributed by atoms with Gasteiger partial charge in [0.05, 0.1) is 0 Å². The summed E-state index contributed by atoms with van der Waals surface area (Å²) in [6.45, 7) is 5.68. The number of terminal acetylenes is 1. The Hall–Kier alpha value is -1.50. The zero-order valence-electron chi connectivity index (χ0n) is 10.7. The molecule has 1 aliphatic rings. The lowest BCUT2D eigenvalue weighted by atomic mass is 10.00. The number of amides is 2. The van der Waals surface area contributed by atoms with E-state index in [1.807, 2.05) is 20.8 Å². The van der Waals surface area contributed by atoms with Crippen LogP contribution in [-0.2, 0) is 9.59 Å². The lowest BCUT2D eigenvalue weighted by Crippen LogP contribution is -2.64. The fourth-order valence-corrected chi connectivity index (χ4v) is 2.24. The fraction of sp³-hybridized carbons (Fsp3) is 0.692. The molecule has 0 aromatic rings. The molecular formula is C13H20N2O2. The van der Waals surface area contributed by atoms with Gasteiger partial charge in [0, 0.05) is 12.5 Å². The molecular weight excluding hydrogens is 216 g/mol. The predicted molar refractivity (Wildman–Crippen MR) is 66.1 cm³/mol. The normalized spacial score (nSPS) is 26.4. The van der Waals surface area contributed by atoms with Gasteiger partial charge in [0.15, 0.2) is 0 Å². The van der Waals surface area contributed by atoms with Gasteiger partial charge in [-0.2, -0.15) is 0 Å². The average Bonchev–Trinajstić information content (AvgIpc) is 2.31. The van der Waals surface area contributed by atoms with E-state index in [9.17, 15) is 9.59 Å². The van der Waals surface area contributed by atoms with Crippen LogP contribution in [0.4, 0.5) is 0 Å². The van der Waals surface area contributed by atoms with Crippen LogP contribution >= 0.6 is 0 Å². The van der Waals surface area contributed by atoms with Crippen molar-refractivity contribution in [3.8, 4) is 12.3 Å². The number of carbonyl (C=O) groups excluding carboxylic acids is 2. The first-order chi connectivity index (χ1) is 8.06. The van der Waals surface area contributed by atoms with Gasteiger partial charge < -0.3 is 10.2 Å². The van der Waals surface area contributed by atoms with E-state index in [-0.39, 0.29) is 23.9 Å². The van der Waals surface area contributed by atoms with Crippen LogP contribution in [0, 0.1) is 12.3 Å². The van der Waals surface area contributed by atoms with E-state index in [2.05, 4.69) is 11.2 Å². The highest BCUT2D eigenvalue weighted by atomic mass is 16.2. The van der Waals surface area contributed by atoms with Crippen LogP contribution < -0.4 is 5.32 Å². The van der Waals surface area contributed by atoms with Crippen molar-refractivity contribution in [3.63, 3.8) is 0 Å². The summed E-state index contributed by atoms with van der Waals surface area (Å²) in [4.78, 5) is 25.8. The molecule has 1 N–H and O–H groups in total. The Labute approximate surface area is 103 Å². The second kappa shape index (κ2) is 5.72. The molecule has 0 radical (unpaired) electrons. The van der Waals surface area contributed by atoms with Gasteiger partial charge in [0.25, 0.3) is 0 Å². The summed E-state index contributed by atoms with van der Waals surface area (Å²) in [6.07, 6.45) is 6.99. The topological polar surface area (TPSA) is 49.4 Å². The molecule has 4 heteroatoms. The van der Waals surface area contributed by atoms with Crippen LogP contribution in [0.5, 0.6) is 0 Å². The Kier molecular flexibility index (Phi) is 4.56. The van der Waals surface area contributed by atoms with E-state index in [1.165, 1.54) is 0 Å². The summed E-state index contributed by atoms with van der Waals surface area (Å²) in [5.74, 6) is 2.47. The van der Waals surface area contributed by atoms with E-state index < -0.39 is 6.04 Å². The molecule has 0 aromatic heterocycles. The monoisotopic (exact) mass is 236 g/mol. The number of carbonyl (C=O) groups is 2. The van der Waals surface area contributed by atoms with Crippen molar-refractivity contribution in [2.45, 2.75) is 58.2 Å². The molecule has 1 aliphatic heterocycles. The SMILES string of the molecule is C#CCC(C)N1C(=O)C(CC)NC(=O)C1CC. The number of hydrogen-bond acceptors (Lipinski definition) is 2. The van der Waals surface area contributed by atoms with Crippen LogP contribution in [0.15, 0.2) is 0 Å². The Morgan fingerprint density at radius 1 is 1.41 bits per heavy atom. The van der Waals surface area contributed by atoms with Gasteiger partial charge in [-0.25, -0.2) is 0 Å². The first-order valence-corrected chi connectivity index (χ1v) is 6.12. The second-order valence-electron chi connectivity index (χ2n) is 4.40. The third kappa shape index (κ3) is 2.60. The molecule has 0 bridgehead atoms. The highest BCUT2D eigenvalue weighted by Gasteiger charge is 2.40. The number of piperazine rings is 1. The molecule has 17 heavy (non-hydrogen) atoms. The lowest BCUT2D eigenvalue weighted by Gasteiger charge is -2.41. The highest BCUT2D eigenvalue weighted by molar-refractivity contribution is 5.97. The Balaban J connectivity index is 2.96. The molecule has 3 unspecified atom stereocenters. The number of nitrogens with one attached hydrogen (secondary N) is 1. The summed E-state index contributed by atoms with van der Waals surface area (Å²) >= 11 is 0. The smallest absolute Gasteiger partial charge is 0.246 e. The Morgan fingerprint density at radius 3 is 2.53 bits per heavy atom. The molecule has 0 aromatic carbocycles. The number of nitrogens with zero attached hydrogens (tertiary/aromatic N) is 1. The zero-order valence-corrected chi connectivity index (χ0v) is 10.7. The van der Waals surface area contributed by atoms with Crippen LogP contribution in [0.2, 0.25) is 0 Å². The minimum absolute atomic E-state index is 0.0123. The fourth-order valence-electron chi connectivity index (χ4n) is 2.24. The van der Waals surface area contributed by atoms with E-state index in [0.29, 0.717) is 19.3 Å². The van der Waals surface area contributed by atoms with E-state index in [4.69, 9.17) is 6.42 Å². The van der Waals surface area contributed by atoms with Crippen LogP contribution in [0.3, 0.4) is 0 Å². The molecule has 1 fully saturated rings. The summed E-state index contributed by atoms with van der Waals surface area (Å²) in [6, 6.07) is -0.864. The first-order valence-electron chi connectivity index (χ1n) is 6.12. The van der Waals surface area contributed by atoms with Crippen LogP contribution in [0.1, 0.15) is 40.0 Å². The third-order valence-electron chi connectivity index (χ3n) is 3.19. The Bertz CT molecular complexity index is 346. The van der Waals surface area contributed by atoms with E-state index >= 15 is 0 Å². The average molecular weight is 236 g/mol. The first kappa shape index (κ1) is 13.6. The molecule has 0 saturated carbocycles. The van der Waals surface area contributed by atoms with Crippen molar-refractivity contribution in [2.75, 3.05) is 0 Å². The molecule has 2 amide bonds. The largest absolute Gasteiger partial charge is 0.343 e. The molecule has 1 saturated heterocycles. The maximum atomic E-state index is 12.2. The van der Waals surface area contributed by atoms with Gasteiger partial charge in [-0.15, -0.1) is 12.3 Å². The molecule has 1 heterocycles. The van der Waals surface area contributed by atoms with Crippen molar-refractivity contribution < 1.29 is 9.59 Å². The van der Waals surface area contributed by atoms with Gasteiger partial charge in [0.1, 0.15) is 12.1 Å². The molecule has 94 valence electrons. The summed E-state index contributed by atoms with van der Waals surface area (Å²) < 4.78 is 0. The summed E-state index contributed by atoms with van der Waals surface area (Å²) in [5, 5.41) is 2.76. The molecule has 1 rings (SSSR count). The minimum atomic E-state index is -0.398. The van der Waals surface area contributed by atoms with Crippen molar-refractivity contribution in [1.29, 1.82) is 0 Å². The number of rotatable bonds is 4.